The number of carbonyl (C=O) groups is 6. The molecule has 0 aromatic heterocycles. The quantitative estimate of drug-likeness (QED) is 0.164. The fourth-order valence-corrected chi connectivity index (χ4v) is 6.40. The van der Waals surface area contributed by atoms with Gasteiger partial charge in [-0.15, -0.1) is 0 Å². The van der Waals surface area contributed by atoms with Gasteiger partial charge in [0.2, 0.25) is 18.3 Å². The SMILES string of the molecule is CCC(=O)N(NC(=O)OCC1c2ccccc2-c2ccccc21)c1cc(O[C@@H]2O[C@H](C(=O)OC)[C@@H](OC(C)=O)[C@H](OC(C)=O)[C@H]2OC(C)=O)ccc1CO. The van der Waals surface area contributed by atoms with Crippen molar-refractivity contribution in [2.45, 2.75) is 77.3 Å². The van der Waals surface area contributed by atoms with Crippen LogP contribution < -0.4 is 15.2 Å². The lowest BCUT2D eigenvalue weighted by atomic mass is 9.97. The predicted molar refractivity (Wildman–Crippen MR) is 186 cm³/mol. The van der Waals surface area contributed by atoms with Crippen molar-refractivity contribution in [2.75, 3.05) is 18.7 Å². The topological polar surface area (TPSA) is 203 Å². The van der Waals surface area contributed by atoms with E-state index in [1.54, 1.807) is 6.92 Å². The number of anilines is 1. The van der Waals surface area contributed by atoms with E-state index in [0.29, 0.717) is 0 Å². The standard InChI is InChI=1S/C38H40N2O14/c1-6-31(45)40(39-38(47)49-19-29-27-13-9-7-11-25(27)26-12-8-10-14-28(26)29)30-17-24(16-15-23(30)18-41)53-37-35(52-22(4)44)33(51-21(3)43)32(50-20(2)42)34(54-37)36(46)48-5/h7-17,29,32-35,37,41H,6,18-19H2,1-5H3,(H,39,47)/t32-,33-,34-,35+,37+/m0/s1. The van der Waals surface area contributed by atoms with E-state index in [1.807, 2.05) is 48.5 Å². The molecule has 16 heteroatoms. The van der Waals surface area contributed by atoms with Crippen molar-refractivity contribution in [2.24, 2.45) is 0 Å². The average molecular weight is 749 g/mol. The van der Waals surface area contributed by atoms with E-state index in [-0.39, 0.29) is 35.9 Å². The van der Waals surface area contributed by atoms with Gasteiger partial charge in [0.05, 0.1) is 19.4 Å². The van der Waals surface area contributed by atoms with Gasteiger partial charge in [-0.1, -0.05) is 61.5 Å². The van der Waals surface area contributed by atoms with Crippen LogP contribution in [0.1, 0.15) is 56.7 Å². The van der Waals surface area contributed by atoms with Crippen LogP contribution in [0.3, 0.4) is 0 Å². The van der Waals surface area contributed by atoms with Crippen molar-refractivity contribution in [1.29, 1.82) is 0 Å². The number of hydrogen-bond donors (Lipinski definition) is 2. The fourth-order valence-electron chi connectivity index (χ4n) is 6.40. The molecule has 16 nitrogen and oxygen atoms in total. The number of aliphatic hydroxyl groups excluding tert-OH is 1. The van der Waals surface area contributed by atoms with Crippen LogP contribution >= 0.6 is 0 Å². The zero-order valence-corrected chi connectivity index (χ0v) is 30.1. The maximum atomic E-state index is 13.3. The summed E-state index contributed by atoms with van der Waals surface area (Å²) in [4.78, 5) is 75.9. The number of benzene rings is 3. The maximum absolute atomic E-state index is 13.3. The monoisotopic (exact) mass is 748 g/mol. The van der Waals surface area contributed by atoms with Crippen LogP contribution in [-0.4, -0.2) is 85.4 Å². The van der Waals surface area contributed by atoms with Gasteiger partial charge in [-0.25, -0.2) is 20.0 Å². The normalized spacial score (nSPS) is 20.0. The molecule has 286 valence electrons. The molecule has 54 heavy (non-hydrogen) atoms. The van der Waals surface area contributed by atoms with Crippen molar-refractivity contribution >= 4 is 41.6 Å². The fraction of sp³-hybridized carbons (Fsp3) is 0.368. The molecule has 2 amide bonds. The second-order valence-corrected chi connectivity index (χ2v) is 12.3. The number of methoxy groups -OCH3 is 1. The molecule has 0 radical (unpaired) electrons. The highest BCUT2D eigenvalue weighted by molar-refractivity contribution is 5.96. The number of esters is 4. The van der Waals surface area contributed by atoms with E-state index in [0.717, 1.165) is 55.1 Å². The first-order valence-corrected chi connectivity index (χ1v) is 17.0. The summed E-state index contributed by atoms with van der Waals surface area (Å²) in [5, 5.41) is 11.1. The van der Waals surface area contributed by atoms with Crippen LogP contribution in [0, 0.1) is 0 Å². The van der Waals surface area contributed by atoms with E-state index >= 15 is 0 Å². The molecule has 1 fully saturated rings. The molecule has 3 aromatic rings. The zero-order chi connectivity index (χ0) is 39.1. The second-order valence-electron chi connectivity index (χ2n) is 12.3. The molecule has 2 N–H and O–H groups in total. The highest BCUT2D eigenvalue weighted by atomic mass is 16.7. The summed E-state index contributed by atoms with van der Waals surface area (Å²) in [5.41, 5.74) is 6.67. The summed E-state index contributed by atoms with van der Waals surface area (Å²) in [6, 6.07) is 19.7. The van der Waals surface area contributed by atoms with Gasteiger partial charge in [-0.3, -0.25) is 19.2 Å². The number of nitrogens with zero attached hydrogens (tertiary/aromatic N) is 1. The molecule has 1 aliphatic heterocycles. The number of fused-ring (bicyclic) bond motifs is 3. The van der Waals surface area contributed by atoms with Crippen molar-refractivity contribution in [3.63, 3.8) is 0 Å². The van der Waals surface area contributed by atoms with Gasteiger partial charge in [0.15, 0.2) is 18.3 Å². The summed E-state index contributed by atoms with van der Waals surface area (Å²) < 4.78 is 38.5. The first-order valence-electron chi connectivity index (χ1n) is 17.0. The Morgan fingerprint density at radius 3 is 1.93 bits per heavy atom. The van der Waals surface area contributed by atoms with Gasteiger partial charge in [0, 0.05) is 44.7 Å². The number of ether oxygens (including phenoxy) is 7. The number of carbonyl (C=O) groups excluding carboxylic acids is 6. The first-order chi connectivity index (χ1) is 25.9. The van der Waals surface area contributed by atoms with Gasteiger partial charge in [-0.2, -0.15) is 0 Å². The van der Waals surface area contributed by atoms with Gasteiger partial charge in [0.25, 0.3) is 0 Å². The molecular weight excluding hydrogens is 708 g/mol. The lowest BCUT2D eigenvalue weighted by Crippen LogP contribution is -2.64. The molecule has 0 saturated carbocycles. The van der Waals surface area contributed by atoms with Crippen molar-refractivity contribution < 1.29 is 67.0 Å². The Balaban J connectivity index is 1.43. The lowest BCUT2D eigenvalue weighted by molar-refractivity contribution is -0.282. The summed E-state index contributed by atoms with van der Waals surface area (Å²) in [5.74, 6) is -4.57. The molecule has 1 saturated heterocycles. The number of nitrogens with one attached hydrogen (secondary N) is 1. The van der Waals surface area contributed by atoms with Crippen molar-refractivity contribution in [3.05, 3.63) is 83.4 Å². The van der Waals surface area contributed by atoms with Crippen LogP contribution in [-0.2, 0) is 59.0 Å². The third-order valence-corrected chi connectivity index (χ3v) is 8.65. The molecule has 5 atom stereocenters. The van der Waals surface area contributed by atoms with Gasteiger partial charge >= 0.3 is 30.0 Å². The highest BCUT2D eigenvalue weighted by Crippen LogP contribution is 2.44. The summed E-state index contributed by atoms with van der Waals surface area (Å²) in [6.07, 6.45) is -9.29. The van der Waals surface area contributed by atoms with Crippen LogP contribution in [0.15, 0.2) is 66.7 Å². The Hall–Kier alpha value is -6.00. The molecule has 3 aromatic carbocycles. The van der Waals surface area contributed by atoms with E-state index in [2.05, 4.69) is 5.43 Å². The smallest absolute Gasteiger partial charge is 0.426 e. The van der Waals surface area contributed by atoms with E-state index in [9.17, 15) is 33.9 Å². The van der Waals surface area contributed by atoms with Crippen LogP contribution in [0.25, 0.3) is 11.1 Å². The molecule has 1 heterocycles. The third kappa shape index (κ3) is 8.61. The Morgan fingerprint density at radius 1 is 0.796 bits per heavy atom. The van der Waals surface area contributed by atoms with Gasteiger partial charge < -0.3 is 38.3 Å². The number of rotatable bonds is 11. The maximum Gasteiger partial charge on any atom is 0.426 e. The Bertz CT molecular complexity index is 1870. The molecule has 0 unspecified atom stereocenters. The lowest BCUT2D eigenvalue weighted by Gasteiger charge is -2.43. The average Bonchev–Trinajstić information content (AvgIpc) is 3.47. The van der Waals surface area contributed by atoms with Crippen LogP contribution in [0.2, 0.25) is 0 Å². The van der Waals surface area contributed by atoms with E-state index < -0.39 is 73.2 Å². The number of amides is 2. The summed E-state index contributed by atoms with van der Waals surface area (Å²) in [7, 11) is 1.05. The van der Waals surface area contributed by atoms with Crippen LogP contribution in [0.4, 0.5) is 10.5 Å². The third-order valence-electron chi connectivity index (χ3n) is 8.65. The Morgan fingerprint density at radius 2 is 1.37 bits per heavy atom. The zero-order valence-electron chi connectivity index (χ0n) is 30.1. The van der Waals surface area contributed by atoms with Crippen molar-refractivity contribution in [3.8, 4) is 16.9 Å². The minimum atomic E-state index is -1.72. The van der Waals surface area contributed by atoms with Gasteiger partial charge in [0.1, 0.15) is 12.4 Å². The molecule has 1 aliphatic carbocycles. The minimum absolute atomic E-state index is 0.0194. The molecule has 0 bridgehead atoms. The van der Waals surface area contributed by atoms with Crippen molar-refractivity contribution in [1.82, 2.24) is 5.43 Å². The van der Waals surface area contributed by atoms with E-state index in [4.69, 9.17) is 33.2 Å². The largest absolute Gasteiger partial charge is 0.467 e. The first kappa shape index (κ1) is 39.2. The molecular formula is C38H40N2O14. The minimum Gasteiger partial charge on any atom is -0.467 e. The van der Waals surface area contributed by atoms with Gasteiger partial charge in [-0.05, 0) is 28.3 Å². The molecule has 0 spiro atoms. The Kier molecular flexibility index (Phi) is 12.5. The number of aliphatic hydroxyl groups is 1. The molecule has 2 aliphatic rings. The highest BCUT2D eigenvalue weighted by Gasteiger charge is 2.56. The number of hydrogen-bond acceptors (Lipinski definition) is 14. The number of hydrazine groups is 1. The summed E-state index contributed by atoms with van der Waals surface area (Å²) in [6.45, 7) is 4.11. The van der Waals surface area contributed by atoms with Crippen LogP contribution in [0.5, 0.6) is 5.75 Å². The van der Waals surface area contributed by atoms with E-state index in [1.165, 1.54) is 18.2 Å². The summed E-state index contributed by atoms with van der Waals surface area (Å²) >= 11 is 0. The Labute approximate surface area is 310 Å². The predicted octanol–water partition coefficient (Wildman–Crippen LogP) is 3.45. The second kappa shape index (κ2) is 17.2. The molecule has 5 rings (SSSR count).